The first-order chi connectivity index (χ1) is 10.3. The van der Waals surface area contributed by atoms with Crippen molar-refractivity contribution in [2.75, 3.05) is 6.61 Å². The number of primary amides is 1. The van der Waals surface area contributed by atoms with Crippen molar-refractivity contribution >= 4 is 17.9 Å². The Kier molecular flexibility index (Phi) is 6.37. The highest BCUT2D eigenvalue weighted by atomic mass is 16.5. The molecule has 3 amide bonds. The predicted molar refractivity (Wildman–Crippen MR) is 79.4 cm³/mol. The minimum atomic E-state index is -1.11. The van der Waals surface area contributed by atoms with Crippen LogP contribution in [-0.4, -0.2) is 30.6 Å². The zero-order valence-electron chi connectivity index (χ0n) is 12.8. The Morgan fingerprint density at radius 3 is 2.23 bits per heavy atom. The molecule has 0 spiro atoms. The van der Waals surface area contributed by atoms with Gasteiger partial charge in [0.2, 0.25) is 0 Å². The molecule has 120 valence electrons. The average molecular weight is 308 g/mol. The van der Waals surface area contributed by atoms with Crippen LogP contribution < -0.4 is 15.8 Å². The molecule has 1 atom stereocenters. The smallest absolute Gasteiger partial charge is 0.338 e. The molecule has 22 heavy (non-hydrogen) atoms. The maximum Gasteiger partial charge on any atom is 0.338 e. The van der Waals surface area contributed by atoms with Gasteiger partial charge in [-0.15, -0.1) is 0 Å². The van der Waals surface area contributed by atoms with Crippen molar-refractivity contribution in [3.05, 3.63) is 29.8 Å². The maximum absolute atomic E-state index is 12.1. The molecule has 1 aromatic rings. The molecule has 0 radical (unpaired) electrons. The number of hydrogen-bond acceptors (Lipinski definition) is 5. The Labute approximate surface area is 128 Å². The maximum atomic E-state index is 12.1. The summed E-state index contributed by atoms with van der Waals surface area (Å²) in [6.07, 6.45) is -1.11. The number of amides is 3. The van der Waals surface area contributed by atoms with Gasteiger partial charge < -0.3 is 15.2 Å². The number of hydrogen-bond donors (Lipinski definition) is 2. The lowest BCUT2D eigenvalue weighted by Gasteiger charge is -2.19. The van der Waals surface area contributed by atoms with Crippen LogP contribution in [0.25, 0.3) is 0 Å². The molecule has 0 aliphatic carbocycles. The number of esters is 1. The monoisotopic (exact) mass is 308 g/mol. The summed E-state index contributed by atoms with van der Waals surface area (Å²) in [5.74, 6) is -1.10. The third-order valence-electron chi connectivity index (χ3n) is 2.75. The minimum Gasteiger partial charge on any atom is -0.494 e. The molecule has 0 saturated heterocycles. The predicted octanol–water partition coefficient (Wildman–Crippen LogP) is 1.46. The fourth-order valence-corrected chi connectivity index (χ4v) is 1.72. The summed E-state index contributed by atoms with van der Waals surface area (Å²) < 4.78 is 10.4. The first-order valence-electron chi connectivity index (χ1n) is 6.89. The number of benzene rings is 1. The number of nitrogens with one attached hydrogen (secondary N) is 1. The molecule has 7 heteroatoms. The molecule has 1 aromatic carbocycles. The normalized spacial score (nSPS) is 11.6. The van der Waals surface area contributed by atoms with E-state index in [4.69, 9.17) is 15.2 Å². The van der Waals surface area contributed by atoms with E-state index in [1.54, 1.807) is 26.0 Å². The first kappa shape index (κ1) is 17.5. The lowest BCUT2D eigenvalue weighted by Crippen LogP contribution is -2.45. The van der Waals surface area contributed by atoms with Crippen LogP contribution in [0.2, 0.25) is 0 Å². The van der Waals surface area contributed by atoms with Crippen molar-refractivity contribution in [1.29, 1.82) is 0 Å². The number of imide groups is 1. The average Bonchev–Trinajstić information content (AvgIpc) is 2.44. The summed E-state index contributed by atoms with van der Waals surface area (Å²) in [5, 5.41) is 1.91. The van der Waals surface area contributed by atoms with E-state index in [0.717, 1.165) is 0 Å². The number of carbonyl (C=O) groups excluding carboxylic acids is 3. The van der Waals surface area contributed by atoms with E-state index < -0.39 is 24.0 Å². The van der Waals surface area contributed by atoms with Crippen molar-refractivity contribution < 1.29 is 23.9 Å². The SMILES string of the molecule is CCOc1ccc(C(=O)O[C@@H](C(=O)NC(N)=O)C(C)C)cc1. The van der Waals surface area contributed by atoms with Gasteiger partial charge in [-0.25, -0.2) is 9.59 Å². The fourth-order valence-electron chi connectivity index (χ4n) is 1.72. The molecule has 0 aliphatic heterocycles. The van der Waals surface area contributed by atoms with Crippen LogP contribution >= 0.6 is 0 Å². The highest BCUT2D eigenvalue weighted by Gasteiger charge is 2.27. The largest absolute Gasteiger partial charge is 0.494 e. The molecule has 0 bridgehead atoms. The van der Waals surface area contributed by atoms with Crippen molar-refractivity contribution in [1.82, 2.24) is 5.32 Å². The van der Waals surface area contributed by atoms with Gasteiger partial charge in [-0.05, 0) is 37.1 Å². The van der Waals surface area contributed by atoms with Gasteiger partial charge in [-0.2, -0.15) is 0 Å². The van der Waals surface area contributed by atoms with Gasteiger partial charge in [0.15, 0.2) is 6.10 Å². The zero-order valence-corrected chi connectivity index (χ0v) is 12.8. The van der Waals surface area contributed by atoms with Crippen LogP contribution in [0, 0.1) is 5.92 Å². The van der Waals surface area contributed by atoms with Crippen LogP contribution in [0.15, 0.2) is 24.3 Å². The van der Waals surface area contributed by atoms with Crippen molar-refractivity contribution in [3.8, 4) is 5.75 Å². The van der Waals surface area contributed by atoms with Gasteiger partial charge in [0, 0.05) is 0 Å². The zero-order chi connectivity index (χ0) is 16.7. The van der Waals surface area contributed by atoms with Crippen LogP contribution in [-0.2, 0) is 9.53 Å². The van der Waals surface area contributed by atoms with E-state index in [1.165, 1.54) is 12.1 Å². The third kappa shape index (κ3) is 5.08. The van der Waals surface area contributed by atoms with Crippen LogP contribution in [0.3, 0.4) is 0 Å². The number of rotatable bonds is 6. The Balaban J connectivity index is 2.78. The fraction of sp³-hybridized carbons (Fsp3) is 0.400. The Bertz CT molecular complexity index is 539. The van der Waals surface area contributed by atoms with Gasteiger partial charge >= 0.3 is 12.0 Å². The summed E-state index contributed by atoms with van der Waals surface area (Å²) in [5.41, 5.74) is 5.17. The summed E-state index contributed by atoms with van der Waals surface area (Å²) in [4.78, 5) is 34.6. The Morgan fingerprint density at radius 1 is 1.18 bits per heavy atom. The van der Waals surface area contributed by atoms with E-state index in [0.29, 0.717) is 12.4 Å². The molecule has 0 saturated carbocycles. The molecule has 0 fully saturated rings. The van der Waals surface area contributed by atoms with Gasteiger partial charge in [0.05, 0.1) is 12.2 Å². The molecule has 0 heterocycles. The van der Waals surface area contributed by atoms with E-state index in [-0.39, 0.29) is 11.5 Å². The summed E-state index contributed by atoms with van der Waals surface area (Å²) >= 11 is 0. The van der Waals surface area contributed by atoms with Crippen LogP contribution in [0.1, 0.15) is 31.1 Å². The molecule has 0 aromatic heterocycles. The summed E-state index contributed by atoms with van der Waals surface area (Å²) in [6.45, 7) is 5.76. The van der Waals surface area contributed by atoms with E-state index in [1.807, 2.05) is 12.2 Å². The number of ether oxygens (including phenoxy) is 2. The molecular formula is C15H20N2O5. The van der Waals surface area contributed by atoms with E-state index in [2.05, 4.69) is 0 Å². The number of carbonyl (C=O) groups is 3. The summed E-state index contributed by atoms with van der Waals surface area (Å²) in [6, 6.07) is 5.35. The highest BCUT2D eigenvalue weighted by molar-refractivity contribution is 5.98. The highest BCUT2D eigenvalue weighted by Crippen LogP contribution is 2.15. The first-order valence-corrected chi connectivity index (χ1v) is 6.89. The lowest BCUT2D eigenvalue weighted by molar-refractivity contribution is -0.130. The second-order valence-corrected chi connectivity index (χ2v) is 4.88. The van der Waals surface area contributed by atoms with Crippen LogP contribution in [0.5, 0.6) is 5.75 Å². The summed E-state index contributed by atoms with van der Waals surface area (Å²) in [7, 11) is 0. The second kappa shape index (κ2) is 8.02. The Morgan fingerprint density at radius 2 is 1.77 bits per heavy atom. The Hall–Kier alpha value is -2.57. The molecule has 0 unspecified atom stereocenters. The van der Waals surface area contributed by atoms with Gasteiger partial charge in [0.1, 0.15) is 5.75 Å². The van der Waals surface area contributed by atoms with Gasteiger partial charge in [-0.1, -0.05) is 13.8 Å². The van der Waals surface area contributed by atoms with Gasteiger partial charge in [0.25, 0.3) is 5.91 Å². The molecular weight excluding hydrogens is 288 g/mol. The van der Waals surface area contributed by atoms with Crippen molar-refractivity contribution in [2.24, 2.45) is 11.7 Å². The van der Waals surface area contributed by atoms with Crippen molar-refractivity contribution in [3.63, 3.8) is 0 Å². The lowest BCUT2D eigenvalue weighted by atomic mass is 10.1. The van der Waals surface area contributed by atoms with Gasteiger partial charge in [-0.3, -0.25) is 10.1 Å². The topological polar surface area (TPSA) is 108 Å². The van der Waals surface area contributed by atoms with Crippen molar-refractivity contribution in [2.45, 2.75) is 26.9 Å². The molecule has 7 nitrogen and oxygen atoms in total. The molecule has 1 rings (SSSR count). The van der Waals surface area contributed by atoms with E-state index in [9.17, 15) is 14.4 Å². The quantitative estimate of drug-likeness (QED) is 0.774. The molecule has 0 aliphatic rings. The third-order valence-corrected chi connectivity index (χ3v) is 2.75. The second-order valence-electron chi connectivity index (χ2n) is 4.88. The number of nitrogens with two attached hydrogens (primary N) is 1. The van der Waals surface area contributed by atoms with Crippen LogP contribution in [0.4, 0.5) is 4.79 Å². The standard InChI is InChI=1S/C15H20N2O5/c1-4-21-11-7-5-10(6-8-11)14(19)22-12(9(2)3)13(18)17-15(16)20/h5-9,12H,4H2,1-3H3,(H3,16,17,18,20)/t12-/m1/s1. The molecule has 3 N–H and O–H groups in total. The van der Waals surface area contributed by atoms with E-state index >= 15 is 0 Å². The minimum absolute atomic E-state index is 0.279. The number of urea groups is 1.